The maximum Gasteiger partial charge on any atom is 0.136 e. The molecule has 0 fully saturated rings. The third kappa shape index (κ3) is 4.36. The number of aromatic amines is 2. The zero-order chi connectivity index (χ0) is 26.2. The number of H-pyrrole nitrogens is 2. The minimum atomic E-state index is -1.12. The summed E-state index contributed by atoms with van der Waals surface area (Å²) in [5, 5.41) is 1.55. The fraction of sp³-hybridized carbons (Fsp3) is 0.0667. The van der Waals surface area contributed by atoms with Gasteiger partial charge >= 0.3 is 0 Å². The normalized spacial score (nSPS) is 19.2. The van der Waals surface area contributed by atoms with Crippen LogP contribution in [0.4, 0.5) is 0 Å². The first kappa shape index (κ1) is 25.6. The number of benzene rings is 1. The van der Waals surface area contributed by atoms with Crippen molar-refractivity contribution in [3.8, 4) is 0 Å². The summed E-state index contributed by atoms with van der Waals surface area (Å²) < 4.78 is 0. The van der Waals surface area contributed by atoms with E-state index in [1.807, 2.05) is 66.5 Å². The minimum Gasteiger partial charge on any atom is -0.355 e. The molecule has 9 heteroatoms. The van der Waals surface area contributed by atoms with Crippen LogP contribution in [0.2, 0.25) is 0 Å². The smallest absolute Gasteiger partial charge is 0.136 e. The standard InChI is InChI=1S/C30H16N4O4.Co/c35-13-22-23(14-36)29-25(16-38)30-24(15-37)28(17-4-2-1-3-5-17)27(34-30)12-21-9-7-19(32-21)10-18-6-8-20(31-18)11-26(22)33-29;/h1-12,28,30-32H;. The summed E-state index contributed by atoms with van der Waals surface area (Å²) in [6.45, 7) is 0. The fourth-order valence-electron chi connectivity index (χ4n) is 4.95. The van der Waals surface area contributed by atoms with E-state index in [2.05, 4.69) is 15.0 Å². The van der Waals surface area contributed by atoms with E-state index in [1.165, 1.54) is 0 Å². The van der Waals surface area contributed by atoms with Gasteiger partial charge in [0.2, 0.25) is 0 Å². The Morgan fingerprint density at radius 1 is 0.692 bits per heavy atom. The molecule has 5 heterocycles. The number of hydrogen-bond acceptors (Lipinski definition) is 6. The fourth-order valence-corrected chi connectivity index (χ4v) is 4.95. The monoisotopic (exact) mass is 555 g/mol. The number of nitrogens with one attached hydrogen (secondary N) is 2. The molecule has 3 aromatic rings. The average Bonchev–Trinajstić information content (AvgIpc) is 3.71. The summed E-state index contributed by atoms with van der Waals surface area (Å²) in [6.07, 6.45) is 5.27. The van der Waals surface area contributed by atoms with E-state index in [1.54, 1.807) is 30.1 Å². The number of fused-ring (bicyclic) bond motifs is 6. The number of rotatable bonds is 1. The van der Waals surface area contributed by atoms with E-state index in [-0.39, 0.29) is 50.5 Å². The molecule has 2 unspecified atom stereocenters. The molecule has 6 rings (SSSR count). The van der Waals surface area contributed by atoms with Crippen LogP contribution in [-0.2, 0) is 36.0 Å². The zero-order valence-corrected chi connectivity index (χ0v) is 21.0. The first-order chi connectivity index (χ1) is 18.6. The van der Waals surface area contributed by atoms with Crippen LogP contribution in [0.15, 0.2) is 92.6 Å². The van der Waals surface area contributed by atoms with E-state index in [4.69, 9.17) is 4.99 Å². The van der Waals surface area contributed by atoms with E-state index >= 15 is 0 Å². The molecule has 39 heavy (non-hydrogen) atoms. The largest absolute Gasteiger partial charge is 0.355 e. The number of nitrogens with zero attached hydrogens (tertiary/aromatic N) is 2. The van der Waals surface area contributed by atoms with E-state index in [9.17, 15) is 19.2 Å². The van der Waals surface area contributed by atoms with E-state index < -0.39 is 12.0 Å². The summed E-state index contributed by atoms with van der Waals surface area (Å²) >= 11 is 0. The molecule has 0 saturated carbocycles. The van der Waals surface area contributed by atoms with Gasteiger partial charge in [-0.1, -0.05) is 30.3 Å². The van der Waals surface area contributed by atoms with Crippen LogP contribution in [0.25, 0.3) is 18.2 Å². The molecule has 0 spiro atoms. The predicted molar refractivity (Wildman–Crippen MR) is 142 cm³/mol. The molecule has 2 aromatic heterocycles. The molecule has 8 nitrogen and oxygen atoms in total. The number of allylic oxidation sites excluding steroid dienone is 1. The Balaban J connectivity index is 0.00000308. The van der Waals surface area contributed by atoms with Crippen LogP contribution in [0.1, 0.15) is 22.9 Å². The third-order valence-corrected chi connectivity index (χ3v) is 6.62. The molecule has 0 amide bonds. The number of aromatic nitrogens is 2. The second-order valence-electron chi connectivity index (χ2n) is 8.84. The van der Waals surface area contributed by atoms with Gasteiger partial charge in [-0.15, -0.1) is 0 Å². The second kappa shape index (κ2) is 10.3. The first-order valence-electron chi connectivity index (χ1n) is 11.7. The Hall–Kier alpha value is -5.09. The number of hydrogen-bond donors (Lipinski definition) is 2. The summed E-state index contributed by atoms with van der Waals surface area (Å²) in [5.74, 6) is 6.67. The van der Waals surface area contributed by atoms with E-state index in [0.29, 0.717) is 11.4 Å². The van der Waals surface area contributed by atoms with Crippen LogP contribution < -0.4 is 10.7 Å². The Morgan fingerprint density at radius 3 is 2.05 bits per heavy atom. The zero-order valence-electron chi connectivity index (χ0n) is 19.9. The van der Waals surface area contributed by atoms with Gasteiger partial charge in [0, 0.05) is 38.9 Å². The molecule has 3 aliphatic heterocycles. The number of carbonyl (C=O) groups excluding carboxylic acids is 4. The predicted octanol–water partition coefficient (Wildman–Crippen LogP) is 1.40. The molecule has 8 bridgehead atoms. The Morgan fingerprint density at radius 2 is 1.38 bits per heavy atom. The quantitative estimate of drug-likeness (QED) is 0.441. The van der Waals surface area contributed by atoms with Gasteiger partial charge < -0.3 is 9.97 Å². The molecule has 1 radical (unpaired) electrons. The van der Waals surface area contributed by atoms with Gasteiger partial charge in [-0.3, -0.25) is 4.99 Å². The molecule has 2 N–H and O–H groups in total. The maximum atomic E-state index is 12.4. The molecule has 2 atom stereocenters. The third-order valence-electron chi connectivity index (χ3n) is 6.62. The first-order valence-corrected chi connectivity index (χ1v) is 11.7. The van der Waals surface area contributed by atoms with Gasteiger partial charge in [0.05, 0.1) is 28.5 Å². The van der Waals surface area contributed by atoms with Crippen LogP contribution in [0, 0.1) is 0 Å². The summed E-state index contributed by atoms with van der Waals surface area (Å²) in [7, 11) is 0. The average molecular weight is 555 g/mol. The van der Waals surface area contributed by atoms with Gasteiger partial charge in [0.15, 0.2) is 0 Å². The van der Waals surface area contributed by atoms with Gasteiger partial charge in [0.1, 0.15) is 46.7 Å². The van der Waals surface area contributed by atoms with Crippen molar-refractivity contribution in [2.75, 3.05) is 0 Å². The van der Waals surface area contributed by atoms with Gasteiger partial charge in [-0.25, -0.2) is 24.2 Å². The van der Waals surface area contributed by atoms with Crippen LogP contribution in [0.3, 0.4) is 0 Å². The van der Waals surface area contributed by atoms with Gasteiger partial charge in [0.25, 0.3) is 0 Å². The molecule has 0 aliphatic carbocycles. The molecule has 189 valence electrons. The van der Waals surface area contributed by atoms with Crippen LogP contribution in [0.5, 0.6) is 0 Å². The maximum absolute atomic E-state index is 12.4. The van der Waals surface area contributed by atoms with Crippen molar-refractivity contribution in [1.82, 2.24) is 9.97 Å². The molecule has 3 aliphatic rings. The van der Waals surface area contributed by atoms with Crippen molar-refractivity contribution < 1.29 is 36.0 Å². The Bertz CT molecular complexity index is 1950. The number of aliphatic imine (C=N–C) groups is 2. The van der Waals surface area contributed by atoms with Gasteiger partial charge in [-0.05, 0) is 48.1 Å². The second-order valence-corrected chi connectivity index (χ2v) is 8.84. The van der Waals surface area contributed by atoms with Gasteiger partial charge in [-0.2, -0.15) is 0 Å². The van der Waals surface area contributed by atoms with Crippen molar-refractivity contribution in [3.05, 3.63) is 110 Å². The Kier molecular flexibility index (Phi) is 6.78. The van der Waals surface area contributed by atoms with Crippen molar-refractivity contribution in [3.63, 3.8) is 0 Å². The van der Waals surface area contributed by atoms with E-state index in [0.717, 1.165) is 22.0 Å². The topological polar surface area (TPSA) is 125 Å². The molecular formula is C30H16CoN4O4. The molecule has 1 aromatic carbocycles. The SMILES string of the molecule is O=C=C1C(=C=O)C2=NC1=Cc1ccc([nH]1)C=c1ccc([nH]1)=CC1=NC(C2=C=O)C(=C=O)C1c1ccccc1.[Co]. The molecular weight excluding hydrogens is 539 g/mol. The summed E-state index contributed by atoms with van der Waals surface area (Å²) in [4.78, 5) is 64.3. The summed E-state index contributed by atoms with van der Waals surface area (Å²) in [6, 6.07) is 15.6. The van der Waals surface area contributed by atoms with Crippen molar-refractivity contribution in [1.29, 1.82) is 0 Å². The van der Waals surface area contributed by atoms with Crippen LogP contribution in [-0.4, -0.2) is 51.2 Å². The van der Waals surface area contributed by atoms with Crippen LogP contribution >= 0.6 is 0 Å². The van der Waals surface area contributed by atoms with Crippen molar-refractivity contribution in [2.45, 2.75) is 12.0 Å². The van der Waals surface area contributed by atoms with Crippen molar-refractivity contribution >= 4 is 53.4 Å². The summed E-state index contributed by atoms with van der Waals surface area (Å²) in [5.41, 5.74) is 2.28. The molecule has 0 saturated heterocycles. The minimum absolute atomic E-state index is 0. The van der Waals surface area contributed by atoms with Crippen molar-refractivity contribution in [2.24, 2.45) is 9.98 Å². The Labute approximate surface area is 231 Å².